The average Bonchev–Trinajstić information content (AvgIpc) is 2.47. The standard InChI is InChI=1S/C7H4BCl2N3/c9-6-4-1-8(3-11)2-5(4)12-7(10)13-6/h1-2H2. The van der Waals surface area contributed by atoms with Crippen LogP contribution >= 0.6 is 23.2 Å². The van der Waals surface area contributed by atoms with E-state index in [-0.39, 0.29) is 12.0 Å². The van der Waals surface area contributed by atoms with Crippen molar-refractivity contribution in [2.75, 3.05) is 0 Å². The summed E-state index contributed by atoms with van der Waals surface area (Å²) in [7, 11) is 0. The molecule has 64 valence electrons. The van der Waals surface area contributed by atoms with Crippen LogP contribution in [0.5, 0.6) is 0 Å². The molecule has 0 unspecified atom stereocenters. The molecule has 6 heteroatoms. The molecule has 0 amide bonds. The molecule has 1 aliphatic rings. The first-order chi connectivity index (χ1) is 6.20. The first-order valence-corrected chi connectivity index (χ1v) is 4.56. The molecule has 0 saturated heterocycles. The van der Waals surface area contributed by atoms with Gasteiger partial charge in [0.15, 0.2) is 0 Å². The Labute approximate surface area is 85.8 Å². The quantitative estimate of drug-likeness (QED) is 0.372. The van der Waals surface area contributed by atoms with Gasteiger partial charge in [-0.2, -0.15) is 0 Å². The van der Waals surface area contributed by atoms with E-state index in [0.29, 0.717) is 17.8 Å². The van der Waals surface area contributed by atoms with Gasteiger partial charge in [-0.05, 0) is 24.2 Å². The van der Waals surface area contributed by atoms with Crippen molar-refractivity contribution in [2.45, 2.75) is 12.6 Å². The molecular weight excluding hydrogens is 208 g/mol. The maximum Gasteiger partial charge on any atom is 0.278 e. The highest BCUT2D eigenvalue weighted by molar-refractivity contribution is 6.67. The van der Waals surface area contributed by atoms with Crippen LogP contribution in [0.4, 0.5) is 0 Å². The van der Waals surface area contributed by atoms with Crippen LogP contribution in [-0.4, -0.2) is 16.7 Å². The minimum atomic E-state index is -0.0275. The highest BCUT2D eigenvalue weighted by Crippen LogP contribution is 2.26. The number of aromatic nitrogens is 2. The summed E-state index contributed by atoms with van der Waals surface area (Å²) in [4.78, 5) is 7.86. The summed E-state index contributed by atoms with van der Waals surface area (Å²) in [6.07, 6.45) is 1.27. The molecule has 1 aromatic heterocycles. The lowest BCUT2D eigenvalue weighted by Gasteiger charge is -1.99. The maximum absolute atomic E-state index is 8.72. The zero-order valence-corrected chi connectivity index (χ0v) is 8.10. The third-order valence-corrected chi connectivity index (χ3v) is 2.57. The van der Waals surface area contributed by atoms with Crippen molar-refractivity contribution in [1.82, 2.24) is 9.97 Å². The molecule has 0 N–H and O–H groups in total. The van der Waals surface area contributed by atoms with E-state index in [2.05, 4.69) is 15.9 Å². The zero-order chi connectivity index (χ0) is 9.42. The van der Waals surface area contributed by atoms with E-state index in [1.807, 2.05) is 0 Å². The molecule has 0 saturated carbocycles. The van der Waals surface area contributed by atoms with Crippen LogP contribution in [0.15, 0.2) is 0 Å². The number of hydrogen-bond acceptors (Lipinski definition) is 3. The van der Waals surface area contributed by atoms with E-state index >= 15 is 0 Å². The molecule has 0 aromatic carbocycles. The summed E-state index contributed by atoms with van der Waals surface area (Å²) < 4.78 is 0. The SMILES string of the molecule is N#CB1Cc2nc(Cl)nc(Cl)c2C1. The molecule has 13 heavy (non-hydrogen) atoms. The van der Waals surface area contributed by atoms with Gasteiger partial charge in [0, 0.05) is 17.2 Å². The van der Waals surface area contributed by atoms with Gasteiger partial charge in [-0.15, -0.1) is 0 Å². The van der Waals surface area contributed by atoms with Crippen molar-refractivity contribution >= 4 is 29.9 Å². The average molecular weight is 212 g/mol. The molecule has 2 heterocycles. The number of halogens is 2. The third-order valence-electron chi connectivity index (χ3n) is 2.09. The Bertz CT molecular complexity index is 401. The normalized spacial score (nSPS) is 14.1. The van der Waals surface area contributed by atoms with Crippen molar-refractivity contribution in [3.63, 3.8) is 0 Å². The third kappa shape index (κ3) is 1.50. The summed E-state index contributed by atoms with van der Waals surface area (Å²) in [6, 6.07) is 0. The second-order valence-corrected chi connectivity index (χ2v) is 3.64. The molecule has 0 radical (unpaired) electrons. The smallest absolute Gasteiger partial charge is 0.223 e. The maximum atomic E-state index is 8.72. The fraction of sp³-hybridized carbons (Fsp3) is 0.286. The van der Waals surface area contributed by atoms with Crippen molar-refractivity contribution < 1.29 is 0 Å². The lowest BCUT2D eigenvalue weighted by molar-refractivity contribution is 1.06. The van der Waals surface area contributed by atoms with Gasteiger partial charge in [-0.1, -0.05) is 11.6 Å². The van der Waals surface area contributed by atoms with E-state index < -0.39 is 0 Å². The van der Waals surface area contributed by atoms with Crippen LogP contribution in [0.1, 0.15) is 11.3 Å². The topological polar surface area (TPSA) is 49.6 Å². The monoisotopic (exact) mass is 211 g/mol. The van der Waals surface area contributed by atoms with Crippen LogP contribution in [0.2, 0.25) is 10.4 Å². The molecular formula is C7H4BCl2N3. The van der Waals surface area contributed by atoms with E-state index in [1.165, 1.54) is 0 Å². The minimum Gasteiger partial charge on any atom is -0.223 e. The molecule has 0 fully saturated rings. The van der Waals surface area contributed by atoms with Crippen molar-refractivity contribution in [1.29, 1.82) is 5.26 Å². The predicted octanol–water partition coefficient (Wildman–Crippen LogP) is 1.52. The molecule has 1 aromatic rings. The van der Waals surface area contributed by atoms with Crippen LogP contribution < -0.4 is 0 Å². The Morgan fingerprint density at radius 2 is 2.08 bits per heavy atom. The summed E-state index contributed by atoms with van der Waals surface area (Å²) in [5, 5.41) is 9.26. The highest BCUT2D eigenvalue weighted by atomic mass is 35.5. The molecule has 3 nitrogen and oxygen atoms in total. The Kier molecular flexibility index (Phi) is 2.14. The van der Waals surface area contributed by atoms with Gasteiger partial charge in [-0.25, -0.2) is 15.2 Å². The van der Waals surface area contributed by atoms with E-state index in [9.17, 15) is 0 Å². The number of fused-ring (bicyclic) bond motifs is 1. The first-order valence-electron chi connectivity index (χ1n) is 3.81. The largest absolute Gasteiger partial charge is 0.278 e. The van der Waals surface area contributed by atoms with Gasteiger partial charge in [0.2, 0.25) is 5.28 Å². The van der Waals surface area contributed by atoms with Gasteiger partial charge >= 0.3 is 0 Å². The molecule has 0 bridgehead atoms. The number of nitrogens with zero attached hydrogens (tertiary/aromatic N) is 3. The number of rotatable bonds is 0. The Balaban J connectivity index is 2.47. The first kappa shape index (κ1) is 8.80. The van der Waals surface area contributed by atoms with E-state index in [4.69, 9.17) is 28.5 Å². The lowest BCUT2D eigenvalue weighted by Crippen LogP contribution is -2.10. The van der Waals surface area contributed by atoms with Gasteiger partial charge in [-0.3, -0.25) is 0 Å². The molecule has 0 aliphatic carbocycles. The Morgan fingerprint density at radius 3 is 2.77 bits per heavy atom. The fourth-order valence-electron chi connectivity index (χ4n) is 1.49. The summed E-state index contributed by atoms with van der Waals surface area (Å²) in [5.74, 6) is 2.19. The summed E-state index contributed by atoms with van der Waals surface area (Å²) >= 11 is 11.5. The molecule has 0 atom stereocenters. The van der Waals surface area contributed by atoms with Crippen LogP contribution in [0, 0.1) is 11.2 Å². The molecule has 2 rings (SSSR count). The van der Waals surface area contributed by atoms with Crippen LogP contribution in [0.25, 0.3) is 0 Å². The van der Waals surface area contributed by atoms with Gasteiger partial charge in [0.25, 0.3) is 6.71 Å². The molecule has 0 spiro atoms. The number of hydrogen-bond donors (Lipinski definition) is 0. The predicted molar refractivity (Wildman–Crippen MR) is 50.8 cm³/mol. The highest BCUT2D eigenvalue weighted by Gasteiger charge is 2.29. The van der Waals surface area contributed by atoms with Gasteiger partial charge in [0.05, 0.1) is 0 Å². The van der Waals surface area contributed by atoms with Gasteiger partial charge < -0.3 is 0 Å². The number of nitriles is 1. The Hall–Kier alpha value is -0.785. The Morgan fingerprint density at radius 1 is 1.31 bits per heavy atom. The van der Waals surface area contributed by atoms with E-state index in [0.717, 1.165) is 11.3 Å². The van der Waals surface area contributed by atoms with Crippen LogP contribution in [-0.2, 0) is 12.6 Å². The van der Waals surface area contributed by atoms with E-state index in [1.54, 1.807) is 0 Å². The minimum absolute atomic E-state index is 0.0275. The fourth-order valence-corrected chi connectivity index (χ4v) is 1.98. The zero-order valence-electron chi connectivity index (χ0n) is 6.59. The van der Waals surface area contributed by atoms with Crippen LogP contribution in [0.3, 0.4) is 0 Å². The summed E-state index contributed by atoms with van der Waals surface area (Å²) in [6.45, 7) is -0.0275. The summed E-state index contributed by atoms with van der Waals surface area (Å²) in [5.41, 5.74) is 1.69. The van der Waals surface area contributed by atoms with Crippen molar-refractivity contribution in [3.05, 3.63) is 21.7 Å². The van der Waals surface area contributed by atoms with Crippen molar-refractivity contribution in [3.8, 4) is 5.97 Å². The molecule has 1 aliphatic heterocycles. The lowest BCUT2D eigenvalue weighted by atomic mass is 9.49. The van der Waals surface area contributed by atoms with Gasteiger partial charge in [0.1, 0.15) is 5.15 Å². The van der Waals surface area contributed by atoms with Crippen molar-refractivity contribution in [2.24, 2.45) is 0 Å². The second-order valence-electron chi connectivity index (χ2n) is 2.94. The second kappa shape index (κ2) is 3.17.